The maximum atomic E-state index is 13.2. The van der Waals surface area contributed by atoms with E-state index in [-0.39, 0.29) is 30.1 Å². The number of carbonyl (C=O) groups excluding carboxylic acids is 3. The molecule has 1 aliphatic carbocycles. The number of benzene rings is 2. The maximum absolute atomic E-state index is 13.2. The van der Waals surface area contributed by atoms with Crippen LogP contribution in [0.25, 0.3) is 10.8 Å². The van der Waals surface area contributed by atoms with E-state index in [1.165, 1.54) is 4.90 Å². The van der Waals surface area contributed by atoms with Crippen molar-refractivity contribution in [2.24, 2.45) is 5.92 Å². The number of carbonyl (C=O) groups is 4. The number of rotatable bonds is 3. The highest BCUT2D eigenvalue weighted by atomic mass is 16.4. The molecule has 3 amide bonds. The Morgan fingerprint density at radius 3 is 2.47 bits per heavy atom. The standard InChI is InChI=1S/C23H22N2O5/c26-19-11-10-18(21(27)24-19)25-17-9-8-14(12-4-6-13(7-5-12)23(29)30)15-2-1-3-16(20(15)17)22(25)28/h1-3,8-9,12-13,18H,4-7,10-11H2,(H,29,30)(H,24,26,27)/t12-,13-,18?. The van der Waals surface area contributed by atoms with E-state index < -0.39 is 17.9 Å². The minimum absolute atomic E-state index is 0.211. The van der Waals surface area contributed by atoms with E-state index in [4.69, 9.17) is 0 Å². The van der Waals surface area contributed by atoms with Crippen LogP contribution in [0, 0.1) is 5.92 Å². The predicted octanol–water partition coefficient (Wildman–Crippen LogP) is 2.96. The number of hydrogen-bond donors (Lipinski definition) is 2. The van der Waals surface area contributed by atoms with Crippen LogP contribution in [0.2, 0.25) is 0 Å². The van der Waals surface area contributed by atoms with Crippen molar-refractivity contribution in [3.63, 3.8) is 0 Å². The van der Waals surface area contributed by atoms with Crippen LogP contribution in [0.1, 0.15) is 60.4 Å². The molecular formula is C23H22N2O5. The van der Waals surface area contributed by atoms with Gasteiger partial charge >= 0.3 is 5.97 Å². The number of piperidine rings is 1. The number of imide groups is 1. The third-order valence-corrected chi connectivity index (χ3v) is 6.80. The van der Waals surface area contributed by atoms with Gasteiger partial charge in [-0.05, 0) is 61.1 Å². The van der Waals surface area contributed by atoms with Crippen LogP contribution in [-0.4, -0.2) is 34.8 Å². The molecular weight excluding hydrogens is 384 g/mol. The molecule has 7 nitrogen and oxygen atoms in total. The fourth-order valence-corrected chi connectivity index (χ4v) is 5.27. The lowest BCUT2D eigenvalue weighted by Crippen LogP contribution is -2.53. The van der Waals surface area contributed by atoms with Gasteiger partial charge in [0.25, 0.3) is 5.91 Å². The lowest BCUT2D eigenvalue weighted by Gasteiger charge is -2.31. The number of carboxylic acid groups (broad SMARTS) is 1. The van der Waals surface area contributed by atoms with Crippen molar-refractivity contribution in [3.05, 3.63) is 41.5 Å². The summed E-state index contributed by atoms with van der Waals surface area (Å²) in [6.07, 6.45) is 3.45. The van der Waals surface area contributed by atoms with Gasteiger partial charge in [-0.25, -0.2) is 0 Å². The highest BCUT2D eigenvalue weighted by Gasteiger charge is 2.41. The first-order valence-electron chi connectivity index (χ1n) is 10.4. The molecule has 1 atom stereocenters. The molecule has 0 radical (unpaired) electrons. The maximum Gasteiger partial charge on any atom is 0.306 e. The highest BCUT2D eigenvalue weighted by molar-refractivity contribution is 6.27. The largest absolute Gasteiger partial charge is 0.481 e. The van der Waals surface area contributed by atoms with Gasteiger partial charge in [-0.2, -0.15) is 0 Å². The Kier molecular flexibility index (Phi) is 4.34. The van der Waals surface area contributed by atoms with E-state index in [0.29, 0.717) is 30.5 Å². The van der Waals surface area contributed by atoms with E-state index in [0.717, 1.165) is 29.2 Å². The van der Waals surface area contributed by atoms with Gasteiger partial charge in [0.05, 0.1) is 11.6 Å². The van der Waals surface area contributed by atoms with Gasteiger partial charge in [-0.1, -0.05) is 18.2 Å². The van der Waals surface area contributed by atoms with Gasteiger partial charge in [0, 0.05) is 17.4 Å². The Morgan fingerprint density at radius 1 is 1.00 bits per heavy atom. The van der Waals surface area contributed by atoms with E-state index in [9.17, 15) is 24.3 Å². The molecule has 2 aromatic rings. The smallest absolute Gasteiger partial charge is 0.306 e. The molecule has 2 aliphatic heterocycles. The molecule has 2 fully saturated rings. The molecule has 7 heteroatoms. The minimum Gasteiger partial charge on any atom is -0.481 e. The summed E-state index contributed by atoms with van der Waals surface area (Å²) < 4.78 is 0. The molecule has 0 bridgehead atoms. The Labute approximate surface area is 173 Å². The number of nitrogens with zero attached hydrogens (tertiary/aromatic N) is 1. The number of carboxylic acids is 1. The Balaban J connectivity index is 1.53. The second kappa shape index (κ2) is 6.93. The van der Waals surface area contributed by atoms with Gasteiger partial charge in [0.15, 0.2) is 0 Å². The third kappa shape index (κ3) is 2.80. The van der Waals surface area contributed by atoms with Crippen molar-refractivity contribution >= 4 is 40.2 Å². The average Bonchev–Trinajstić information content (AvgIpc) is 3.02. The van der Waals surface area contributed by atoms with Gasteiger partial charge in [-0.3, -0.25) is 29.4 Å². The van der Waals surface area contributed by atoms with Crippen LogP contribution in [0.15, 0.2) is 30.3 Å². The molecule has 1 saturated heterocycles. The van der Waals surface area contributed by atoms with Gasteiger partial charge in [0.1, 0.15) is 6.04 Å². The normalized spacial score (nSPS) is 26.2. The van der Waals surface area contributed by atoms with Crippen molar-refractivity contribution in [3.8, 4) is 0 Å². The molecule has 1 saturated carbocycles. The second-order valence-corrected chi connectivity index (χ2v) is 8.43. The molecule has 0 aromatic heterocycles. The van der Waals surface area contributed by atoms with Crippen molar-refractivity contribution in [2.45, 2.75) is 50.5 Å². The predicted molar refractivity (Wildman–Crippen MR) is 109 cm³/mol. The summed E-state index contributed by atoms with van der Waals surface area (Å²) in [5, 5.41) is 13.5. The highest BCUT2D eigenvalue weighted by Crippen LogP contribution is 2.45. The first-order chi connectivity index (χ1) is 14.5. The van der Waals surface area contributed by atoms with Crippen molar-refractivity contribution in [2.75, 3.05) is 4.90 Å². The number of anilines is 1. The summed E-state index contributed by atoms with van der Waals surface area (Å²) in [7, 11) is 0. The summed E-state index contributed by atoms with van der Waals surface area (Å²) in [4.78, 5) is 50.0. The fourth-order valence-electron chi connectivity index (χ4n) is 5.27. The third-order valence-electron chi connectivity index (χ3n) is 6.80. The van der Waals surface area contributed by atoms with Gasteiger partial charge < -0.3 is 5.11 Å². The monoisotopic (exact) mass is 406 g/mol. The molecule has 2 heterocycles. The summed E-state index contributed by atoms with van der Waals surface area (Å²) in [6, 6.07) is 8.87. The zero-order chi connectivity index (χ0) is 21.0. The Morgan fingerprint density at radius 2 is 1.77 bits per heavy atom. The van der Waals surface area contributed by atoms with Crippen LogP contribution in [-0.2, 0) is 14.4 Å². The Hall–Kier alpha value is -3.22. The molecule has 2 aromatic carbocycles. The van der Waals surface area contributed by atoms with Gasteiger partial charge in [-0.15, -0.1) is 0 Å². The summed E-state index contributed by atoms with van der Waals surface area (Å²) >= 11 is 0. The zero-order valence-corrected chi connectivity index (χ0v) is 16.4. The topological polar surface area (TPSA) is 104 Å². The molecule has 1 unspecified atom stereocenters. The summed E-state index contributed by atoms with van der Waals surface area (Å²) in [6.45, 7) is 0. The van der Waals surface area contributed by atoms with E-state index >= 15 is 0 Å². The Bertz CT molecular complexity index is 1100. The first kappa shape index (κ1) is 18.8. The van der Waals surface area contributed by atoms with E-state index in [2.05, 4.69) is 5.32 Å². The van der Waals surface area contributed by atoms with Crippen molar-refractivity contribution in [1.29, 1.82) is 0 Å². The number of amides is 3. The molecule has 3 aliphatic rings. The summed E-state index contributed by atoms with van der Waals surface area (Å²) in [5.41, 5.74) is 2.42. The number of nitrogens with one attached hydrogen (secondary N) is 1. The summed E-state index contributed by atoms with van der Waals surface area (Å²) in [5.74, 6) is -1.70. The van der Waals surface area contributed by atoms with E-state index in [1.807, 2.05) is 24.3 Å². The second-order valence-electron chi connectivity index (χ2n) is 8.43. The van der Waals surface area contributed by atoms with Crippen LogP contribution < -0.4 is 10.2 Å². The number of aliphatic carboxylic acids is 1. The molecule has 5 rings (SSSR count). The van der Waals surface area contributed by atoms with Crippen molar-refractivity contribution in [1.82, 2.24) is 5.32 Å². The average molecular weight is 406 g/mol. The quantitative estimate of drug-likeness (QED) is 0.763. The van der Waals surface area contributed by atoms with Gasteiger partial charge in [0.2, 0.25) is 11.8 Å². The van der Waals surface area contributed by atoms with Crippen LogP contribution >= 0.6 is 0 Å². The lowest BCUT2D eigenvalue weighted by molar-refractivity contribution is -0.143. The number of hydrogen-bond acceptors (Lipinski definition) is 4. The van der Waals surface area contributed by atoms with Crippen molar-refractivity contribution < 1.29 is 24.3 Å². The molecule has 30 heavy (non-hydrogen) atoms. The molecule has 2 N–H and O–H groups in total. The fraction of sp³-hybridized carbons (Fsp3) is 0.391. The molecule has 0 spiro atoms. The first-order valence-corrected chi connectivity index (χ1v) is 10.4. The molecule has 154 valence electrons. The van der Waals surface area contributed by atoms with Crippen LogP contribution in [0.3, 0.4) is 0 Å². The van der Waals surface area contributed by atoms with Crippen LogP contribution in [0.4, 0.5) is 5.69 Å². The van der Waals surface area contributed by atoms with Crippen LogP contribution in [0.5, 0.6) is 0 Å². The lowest BCUT2D eigenvalue weighted by atomic mass is 9.77. The zero-order valence-electron chi connectivity index (χ0n) is 16.4. The van der Waals surface area contributed by atoms with E-state index in [1.54, 1.807) is 6.07 Å². The minimum atomic E-state index is -0.723. The SMILES string of the molecule is O=C1CCC(N2C(=O)c3cccc4c3c2ccc4[C@H]2CC[C@H](C(=O)O)CC2)C(=O)N1.